The van der Waals surface area contributed by atoms with Crippen LogP contribution in [-0.2, 0) is 0 Å². The van der Waals surface area contributed by atoms with E-state index in [1.807, 2.05) is 45.1 Å². The van der Waals surface area contributed by atoms with E-state index in [1.165, 1.54) is 0 Å². The van der Waals surface area contributed by atoms with Gasteiger partial charge >= 0.3 is 0 Å². The topological polar surface area (TPSA) is 35.5 Å². The summed E-state index contributed by atoms with van der Waals surface area (Å²) in [6.07, 6.45) is 0. The van der Waals surface area contributed by atoms with Crippen molar-refractivity contribution in [2.45, 2.75) is 19.9 Å². The summed E-state index contributed by atoms with van der Waals surface area (Å²) in [4.78, 5) is 0. The molecule has 0 aliphatic heterocycles. The molecule has 1 aromatic rings. The zero-order valence-corrected chi connectivity index (χ0v) is 9.20. The molecule has 0 saturated carbocycles. The third kappa shape index (κ3) is 2.72. The maximum atomic E-state index is 9.66. The van der Waals surface area contributed by atoms with Gasteiger partial charge in [-0.1, -0.05) is 17.7 Å². The van der Waals surface area contributed by atoms with E-state index < -0.39 is 0 Å². The van der Waals surface area contributed by atoms with Crippen LogP contribution in [-0.4, -0.2) is 24.2 Å². The lowest BCUT2D eigenvalue weighted by atomic mass is 10.1. The second-order valence-corrected chi connectivity index (χ2v) is 3.81. The first-order valence-electron chi connectivity index (χ1n) is 4.73. The van der Waals surface area contributed by atoms with E-state index in [4.69, 9.17) is 0 Å². The molecule has 1 rings (SSSR count). The van der Waals surface area contributed by atoms with Crippen LogP contribution < -0.4 is 5.43 Å². The fourth-order valence-corrected chi connectivity index (χ4v) is 1.48. The van der Waals surface area contributed by atoms with Crippen LogP contribution in [0, 0.1) is 6.92 Å². The second-order valence-electron chi connectivity index (χ2n) is 3.81. The average Bonchev–Trinajstić information content (AvgIpc) is 2.08. The highest BCUT2D eigenvalue weighted by atomic mass is 16.3. The van der Waals surface area contributed by atoms with Crippen molar-refractivity contribution >= 4 is 0 Å². The van der Waals surface area contributed by atoms with Gasteiger partial charge in [0.2, 0.25) is 0 Å². The van der Waals surface area contributed by atoms with Crippen molar-refractivity contribution in [3.8, 4) is 5.75 Å². The van der Waals surface area contributed by atoms with Crippen LogP contribution in [0.25, 0.3) is 0 Å². The largest absolute Gasteiger partial charge is 0.508 e. The molecule has 0 aliphatic carbocycles. The van der Waals surface area contributed by atoms with Gasteiger partial charge in [-0.2, -0.15) is 0 Å². The molecule has 1 unspecified atom stereocenters. The smallest absolute Gasteiger partial charge is 0.120 e. The van der Waals surface area contributed by atoms with Crippen LogP contribution in [0.1, 0.15) is 24.1 Å². The fourth-order valence-electron chi connectivity index (χ4n) is 1.48. The summed E-state index contributed by atoms with van der Waals surface area (Å²) in [5.41, 5.74) is 5.29. The van der Waals surface area contributed by atoms with Crippen LogP contribution in [0.5, 0.6) is 5.75 Å². The lowest BCUT2D eigenvalue weighted by molar-refractivity contribution is 0.249. The molecule has 3 nitrogen and oxygen atoms in total. The number of hydrogen-bond donors (Lipinski definition) is 2. The molecule has 0 aliphatic rings. The minimum Gasteiger partial charge on any atom is -0.508 e. The molecular weight excluding hydrogens is 176 g/mol. The van der Waals surface area contributed by atoms with Crippen molar-refractivity contribution < 1.29 is 5.11 Å². The maximum Gasteiger partial charge on any atom is 0.120 e. The first kappa shape index (κ1) is 11.0. The normalized spacial score (nSPS) is 13.2. The first-order valence-corrected chi connectivity index (χ1v) is 4.73. The summed E-state index contributed by atoms with van der Waals surface area (Å²) in [7, 11) is 3.87. The third-order valence-electron chi connectivity index (χ3n) is 2.10. The van der Waals surface area contributed by atoms with E-state index in [1.54, 1.807) is 6.07 Å². The number of benzene rings is 1. The molecule has 0 bridgehead atoms. The van der Waals surface area contributed by atoms with Gasteiger partial charge in [-0.25, -0.2) is 5.43 Å². The van der Waals surface area contributed by atoms with Gasteiger partial charge < -0.3 is 5.11 Å². The Kier molecular flexibility index (Phi) is 3.49. The van der Waals surface area contributed by atoms with Crippen LogP contribution in [0.4, 0.5) is 0 Å². The molecule has 0 heterocycles. The number of rotatable bonds is 3. The zero-order valence-electron chi connectivity index (χ0n) is 9.20. The Labute approximate surface area is 85.3 Å². The van der Waals surface area contributed by atoms with Gasteiger partial charge in [0, 0.05) is 25.7 Å². The predicted molar refractivity (Wildman–Crippen MR) is 58.1 cm³/mol. The van der Waals surface area contributed by atoms with Crippen LogP contribution in [0.3, 0.4) is 0 Å². The lowest BCUT2D eigenvalue weighted by Gasteiger charge is -2.20. The van der Waals surface area contributed by atoms with Crippen molar-refractivity contribution in [2.24, 2.45) is 0 Å². The predicted octanol–water partition coefficient (Wildman–Crippen LogP) is 1.83. The van der Waals surface area contributed by atoms with E-state index >= 15 is 0 Å². The van der Waals surface area contributed by atoms with E-state index in [-0.39, 0.29) is 6.04 Å². The molecule has 14 heavy (non-hydrogen) atoms. The van der Waals surface area contributed by atoms with Crippen molar-refractivity contribution in [3.63, 3.8) is 0 Å². The van der Waals surface area contributed by atoms with Crippen molar-refractivity contribution in [3.05, 3.63) is 29.3 Å². The minimum atomic E-state index is 0.116. The molecule has 0 aromatic heterocycles. The summed E-state index contributed by atoms with van der Waals surface area (Å²) in [6, 6.07) is 5.75. The summed E-state index contributed by atoms with van der Waals surface area (Å²) < 4.78 is 0. The highest BCUT2D eigenvalue weighted by Crippen LogP contribution is 2.24. The number of hydrazine groups is 1. The second kappa shape index (κ2) is 4.44. The van der Waals surface area contributed by atoms with Crippen LogP contribution in [0.2, 0.25) is 0 Å². The Hall–Kier alpha value is -1.06. The molecule has 1 atom stereocenters. The highest BCUT2D eigenvalue weighted by Gasteiger charge is 2.10. The van der Waals surface area contributed by atoms with Crippen LogP contribution >= 0.6 is 0 Å². The number of phenolic OH excluding ortho intramolecular Hbond substituents is 1. The monoisotopic (exact) mass is 194 g/mol. The fraction of sp³-hybridized carbons (Fsp3) is 0.455. The molecule has 0 radical (unpaired) electrons. The molecule has 0 spiro atoms. The SMILES string of the molecule is Cc1ccc(O)c(C(C)NN(C)C)c1. The summed E-state index contributed by atoms with van der Waals surface area (Å²) in [5.74, 6) is 0.345. The van der Waals surface area contributed by atoms with E-state index in [9.17, 15) is 5.11 Å². The Morgan fingerprint density at radius 2 is 2.00 bits per heavy atom. The summed E-state index contributed by atoms with van der Waals surface area (Å²) >= 11 is 0. The number of nitrogens with one attached hydrogen (secondary N) is 1. The number of phenols is 1. The standard InChI is InChI=1S/C11H18N2O/c1-8-5-6-11(14)10(7-8)9(2)12-13(3)4/h5-7,9,12,14H,1-4H3. The zero-order chi connectivity index (χ0) is 10.7. The van der Waals surface area contributed by atoms with E-state index in [2.05, 4.69) is 5.43 Å². The summed E-state index contributed by atoms with van der Waals surface area (Å²) in [5, 5.41) is 11.5. The number of hydrogen-bond acceptors (Lipinski definition) is 3. The first-order chi connectivity index (χ1) is 6.50. The Bertz CT molecular complexity index is 310. The number of aryl methyl sites for hydroxylation is 1. The van der Waals surface area contributed by atoms with Gasteiger partial charge in [0.05, 0.1) is 0 Å². The van der Waals surface area contributed by atoms with E-state index in [0.717, 1.165) is 11.1 Å². The van der Waals surface area contributed by atoms with Gasteiger partial charge in [-0.05, 0) is 19.9 Å². The molecule has 0 fully saturated rings. The van der Waals surface area contributed by atoms with Gasteiger partial charge in [0.15, 0.2) is 0 Å². The lowest BCUT2D eigenvalue weighted by Crippen LogP contribution is -2.32. The van der Waals surface area contributed by atoms with Crippen LogP contribution in [0.15, 0.2) is 18.2 Å². The molecule has 2 N–H and O–H groups in total. The van der Waals surface area contributed by atoms with Gasteiger partial charge in [-0.3, -0.25) is 5.01 Å². The highest BCUT2D eigenvalue weighted by molar-refractivity contribution is 5.37. The van der Waals surface area contributed by atoms with Gasteiger partial charge in [-0.15, -0.1) is 0 Å². The number of aromatic hydroxyl groups is 1. The van der Waals surface area contributed by atoms with Crippen molar-refractivity contribution in [1.82, 2.24) is 10.4 Å². The average molecular weight is 194 g/mol. The molecule has 1 aromatic carbocycles. The third-order valence-corrected chi connectivity index (χ3v) is 2.10. The summed E-state index contributed by atoms with van der Waals surface area (Å²) in [6.45, 7) is 4.04. The van der Waals surface area contributed by atoms with Gasteiger partial charge in [0.25, 0.3) is 0 Å². The number of nitrogens with zero attached hydrogens (tertiary/aromatic N) is 1. The Balaban J connectivity index is 2.88. The van der Waals surface area contributed by atoms with Crippen molar-refractivity contribution in [2.75, 3.05) is 14.1 Å². The van der Waals surface area contributed by atoms with E-state index in [0.29, 0.717) is 5.75 Å². The van der Waals surface area contributed by atoms with Crippen molar-refractivity contribution in [1.29, 1.82) is 0 Å². The molecule has 0 saturated heterocycles. The Morgan fingerprint density at radius 1 is 1.36 bits per heavy atom. The molecular formula is C11H18N2O. The molecule has 0 amide bonds. The van der Waals surface area contributed by atoms with Gasteiger partial charge in [0.1, 0.15) is 5.75 Å². The maximum absolute atomic E-state index is 9.66. The molecule has 3 heteroatoms. The minimum absolute atomic E-state index is 0.116. The molecule has 78 valence electrons. The quantitative estimate of drug-likeness (QED) is 0.721. The Morgan fingerprint density at radius 3 is 2.57 bits per heavy atom.